The Labute approximate surface area is 213 Å². The van der Waals surface area contributed by atoms with Crippen LogP contribution in [-0.2, 0) is 14.2 Å². The lowest BCUT2D eigenvalue weighted by Gasteiger charge is -2.10. The molecule has 0 amide bonds. The van der Waals surface area contributed by atoms with E-state index in [9.17, 15) is 9.59 Å². The lowest BCUT2D eigenvalue weighted by Crippen LogP contribution is -2.14. The third-order valence-corrected chi connectivity index (χ3v) is 5.58. The van der Waals surface area contributed by atoms with E-state index in [0.717, 1.165) is 21.9 Å². The summed E-state index contributed by atoms with van der Waals surface area (Å²) in [5, 5.41) is 1.76. The van der Waals surface area contributed by atoms with E-state index in [1.165, 1.54) is 12.1 Å². The molecule has 0 saturated carbocycles. The Bertz CT molecular complexity index is 1330. The van der Waals surface area contributed by atoms with Crippen LogP contribution in [0.4, 0.5) is 0 Å². The molecule has 0 radical (unpaired) electrons. The van der Waals surface area contributed by atoms with E-state index in [2.05, 4.69) is 0 Å². The summed E-state index contributed by atoms with van der Waals surface area (Å²) < 4.78 is 38.3. The van der Waals surface area contributed by atoms with Crippen LogP contribution < -0.4 is 20.7 Å². The summed E-state index contributed by atoms with van der Waals surface area (Å²) in [6, 6.07) is 13.8. The SMILES string of the molecule is Cc1cc(=O)oc2cc(OCCOCCOCCOCCOc3ccc4c(C)cc(=O)oc4c3)ccc12. The van der Waals surface area contributed by atoms with Crippen LogP contribution in [0.3, 0.4) is 0 Å². The predicted octanol–water partition coefficient (Wildman–Crippen LogP) is 4.02. The van der Waals surface area contributed by atoms with Gasteiger partial charge in [0.1, 0.15) is 35.9 Å². The van der Waals surface area contributed by atoms with E-state index >= 15 is 0 Å². The molecule has 2 aromatic heterocycles. The van der Waals surface area contributed by atoms with Crippen LogP contribution in [0.5, 0.6) is 11.5 Å². The van der Waals surface area contributed by atoms with Gasteiger partial charge in [-0.25, -0.2) is 9.59 Å². The Morgan fingerprint density at radius 2 is 0.919 bits per heavy atom. The van der Waals surface area contributed by atoms with E-state index < -0.39 is 0 Å². The topological polar surface area (TPSA) is 107 Å². The molecular formula is C28H30O9. The fourth-order valence-corrected chi connectivity index (χ4v) is 3.77. The van der Waals surface area contributed by atoms with Crippen molar-refractivity contribution in [3.63, 3.8) is 0 Å². The summed E-state index contributed by atoms with van der Waals surface area (Å²) in [4.78, 5) is 23.1. The maximum Gasteiger partial charge on any atom is 0.336 e. The van der Waals surface area contributed by atoms with E-state index in [4.69, 9.17) is 32.5 Å². The molecule has 0 bridgehead atoms. The first-order chi connectivity index (χ1) is 18.0. The van der Waals surface area contributed by atoms with Crippen molar-refractivity contribution in [1.82, 2.24) is 0 Å². The molecule has 0 unspecified atom stereocenters. The molecule has 0 aliphatic carbocycles. The standard InChI is InChI=1S/C28H30O9/c1-19-15-27(29)36-25-17-21(3-5-23(19)25)34-13-11-32-9-7-31-8-10-33-12-14-35-22-4-6-24-20(2)16-28(30)37-26(24)18-22/h3-6,15-18H,7-14H2,1-2H3. The molecule has 9 nitrogen and oxygen atoms in total. The van der Waals surface area contributed by atoms with Crippen molar-refractivity contribution >= 4 is 21.9 Å². The van der Waals surface area contributed by atoms with Gasteiger partial charge < -0.3 is 32.5 Å². The summed E-state index contributed by atoms with van der Waals surface area (Å²) in [5.74, 6) is 1.23. The number of fused-ring (bicyclic) bond motifs is 2. The van der Waals surface area contributed by atoms with Crippen LogP contribution in [0, 0.1) is 13.8 Å². The van der Waals surface area contributed by atoms with Crippen molar-refractivity contribution in [2.75, 3.05) is 52.9 Å². The number of ether oxygens (including phenoxy) is 5. The Morgan fingerprint density at radius 1 is 0.541 bits per heavy atom. The lowest BCUT2D eigenvalue weighted by molar-refractivity contribution is 0.00499. The average molecular weight is 511 g/mol. The largest absolute Gasteiger partial charge is 0.491 e. The number of benzene rings is 2. The third kappa shape index (κ3) is 7.66. The number of aryl methyl sites for hydroxylation is 2. The highest BCUT2D eigenvalue weighted by atomic mass is 16.6. The molecule has 4 aromatic rings. The predicted molar refractivity (Wildman–Crippen MR) is 138 cm³/mol. The zero-order valence-electron chi connectivity index (χ0n) is 20.9. The zero-order chi connectivity index (χ0) is 26.0. The summed E-state index contributed by atoms with van der Waals surface area (Å²) in [7, 11) is 0. The van der Waals surface area contributed by atoms with Gasteiger partial charge >= 0.3 is 11.3 Å². The third-order valence-electron chi connectivity index (χ3n) is 5.58. The van der Waals surface area contributed by atoms with Crippen LogP contribution >= 0.6 is 0 Å². The van der Waals surface area contributed by atoms with E-state index in [-0.39, 0.29) is 11.3 Å². The van der Waals surface area contributed by atoms with E-state index in [1.807, 2.05) is 38.1 Å². The quantitative estimate of drug-likeness (QED) is 0.184. The summed E-state index contributed by atoms with van der Waals surface area (Å²) in [6.07, 6.45) is 0. The molecule has 4 rings (SSSR count). The van der Waals surface area contributed by atoms with Crippen LogP contribution in [0.2, 0.25) is 0 Å². The van der Waals surface area contributed by atoms with Crippen molar-refractivity contribution in [1.29, 1.82) is 0 Å². The first kappa shape index (κ1) is 26.4. The highest BCUT2D eigenvalue weighted by Crippen LogP contribution is 2.23. The molecule has 0 saturated heterocycles. The summed E-state index contributed by atoms with van der Waals surface area (Å²) in [6.45, 7) is 7.06. The maximum absolute atomic E-state index is 11.5. The van der Waals surface area contributed by atoms with E-state index in [0.29, 0.717) is 75.5 Å². The second-order valence-corrected chi connectivity index (χ2v) is 8.35. The van der Waals surface area contributed by atoms with Gasteiger partial charge in [-0.05, 0) is 49.2 Å². The van der Waals surface area contributed by atoms with Gasteiger partial charge in [0.05, 0.1) is 39.6 Å². The van der Waals surface area contributed by atoms with Gasteiger partial charge in [-0.1, -0.05) is 0 Å². The minimum Gasteiger partial charge on any atom is -0.491 e. The second kappa shape index (κ2) is 13.0. The minimum atomic E-state index is -0.377. The monoisotopic (exact) mass is 510 g/mol. The molecule has 9 heteroatoms. The van der Waals surface area contributed by atoms with Crippen molar-refractivity contribution < 1.29 is 32.5 Å². The molecule has 0 aliphatic heterocycles. The second-order valence-electron chi connectivity index (χ2n) is 8.35. The molecule has 0 atom stereocenters. The minimum absolute atomic E-state index is 0.369. The molecule has 0 spiro atoms. The number of rotatable bonds is 14. The molecule has 0 fully saturated rings. The molecular weight excluding hydrogens is 480 g/mol. The van der Waals surface area contributed by atoms with Crippen LogP contribution in [0.15, 0.2) is 67.0 Å². The fraction of sp³-hybridized carbons (Fsp3) is 0.357. The van der Waals surface area contributed by atoms with Gasteiger partial charge in [-0.3, -0.25) is 0 Å². The highest BCUT2D eigenvalue weighted by molar-refractivity contribution is 5.81. The Kier molecular flexibility index (Phi) is 9.31. The van der Waals surface area contributed by atoms with Gasteiger partial charge in [0.15, 0.2) is 0 Å². The lowest BCUT2D eigenvalue weighted by atomic mass is 10.1. The van der Waals surface area contributed by atoms with E-state index in [1.54, 1.807) is 12.1 Å². The molecule has 196 valence electrons. The fourth-order valence-electron chi connectivity index (χ4n) is 3.77. The molecule has 2 aromatic carbocycles. The van der Waals surface area contributed by atoms with Crippen molar-refractivity contribution in [2.45, 2.75) is 13.8 Å². The van der Waals surface area contributed by atoms with Crippen molar-refractivity contribution in [2.24, 2.45) is 0 Å². The average Bonchev–Trinajstić information content (AvgIpc) is 2.86. The molecule has 37 heavy (non-hydrogen) atoms. The first-order valence-electron chi connectivity index (χ1n) is 12.1. The summed E-state index contributed by atoms with van der Waals surface area (Å²) in [5.41, 5.74) is 1.99. The summed E-state index contributed by atoms with van der Waals surface area (Å²) >= 11 is 0. The first-order valence-corrected chi connectivity index (χ1v) is 12.1. The number of hydrogen-bond donors (Lipinski definition) is 0. The normalized spacial score (nSPS) is 11.3. The smallest absolute Gasteiger partial charge is 0.336 e. The Hall–Kier alpha value is -3.66. The van der Waals surface area contributed by atoms with Gasteiger partial charge in [-0.2, -0.15) is 0 Å². The Balaban J connectivity index is 1.01. The van der Waals surface area contributed by atoms with Gasteiger partial charge in [0.25, 0.3) is 0 Å². The van der Waals surface area contributed by atoms with Crippen LogP contribution in [-0.4, -0.2) is 52.9 Å². The Morgan fingerprint density at radius 3 is 1.32 bits per heavy atom. The molecule has 2 heterocycles. The number of hydrogen-bond acceptors (Lipinski definition) is 9. The molecule has 0 aliphatic rings. The van der Waals surface area contributed by atoms with Crippen molar-refractivity contribution in [3.8, 4) is 11.5 Å². The highest BCUT2D eigenvalue weighted by Gasteiger charge is 2.05. The molecule has 0 N–H and O–H groups in total. The zero-order valence-corrected chi connectivity index (χ0v) is 20.9. The van der Waals surface area contributed by atoms with Gasteiger partial charge in [0.2, 0.25) is 0 Å². The van der Waals surface area contributed by atoms with Crippen LogP contribution in [0.25, 0.3) is 21.9 Å². The van der Waals surface area contributed by atoms with Gasteiger partial charge in [-0.15, -0.1) is 0 Å². The van der Waals surface area contributed by atoms with Crippen molar-refractivity contribution in [3.05, 3.63) is 80.5 Å². The van der Waals surface area contributed by atoms with Gasteiger partial charge in [0, 0.05) is 35.0 Å². The van der Waals surface area contributed by atoms with Crippen LogP contribution in [0.1, 0.15) is 11.1 Å². The maximum atomic E-state index is 11.5.